The van der Waals surface area contributed by atoms with Crippen LogP contribution < -0.4 is 0 Å². The number of amides is 1. The Morgan fingerprint density at radius 2 is 1.81 bits per heavy atom. The average Bonchev–Trinajstić information content (AvgIpc) is 2.77. The van der Waals surface area contributed by atoms with Gasteiger partial charge >= 0.3 is 12.3 Å². The zero-order valence-corrected chi connectivity index (χ0v) is 15.6. The van der Waals surface area contributed by atoms with E-state index in [0.717, 1.165) is 12.1 Å². The van der Waals surface area contributed by atoms with Gasteiger partial charge in [0.15, 0.2) is 0 Å². The zero-order chi connectivity index (χ0) is 19.8. The van der Waals surface area contributed by atoms with Crippen LogP contribution >= 0.6 is 0 Å². The van der Waals surface area contributed by atoms with Gasteiger partial charge in [-0.3, -0.25) is 4.90 Å². The lowest BCUT2D eigenvalue weighted by molar-refractivity contribution is -0.137. The molecule has 0 spiro atoms. The quantitative estimate of drug-likeness (QED) is 0.727. The lowest BCUT2D eigenvalue weighted by Gasteiger charge is -2.34. The number of hydrogen-bond acceptors (Lipinski definition) is 3. The molecular weight excluding hydrogens is 347 g/mol. The van der Waals surface area contributed by atoms with Crippen LogP contribution in [0, 0.1) is 0 Å². The third-order valence-electron chi connectivity index (χ3n) is 3.86. The minimum absolute atomic E-state index is 0.281. The van der Waals surface area contributed by atoms with Crippen molar-refractivity contribution in [3.05, 3.63) is 41.5 Å². The molecule has 1 aliphatic rings. The fourth-order valence-corrected chi connectivity index (χ4v) is 2.65. The van der Waals surface area contributed by atoms with Crippen LogP contribution in [0.3, 0.4) is 0 Å². The summed E-state index contributed by atoms with van der Waals surface area (Å²) in [5.74, 6) is 0. The summed E-state index contributed by atoms with van der Waals surface area (Å²) in [6.45, 7) is 9.15. The van der Waals surface area contributed by atoms with Gasteiger partial charge in [-0.1, -0.05) is 24.3 Å². The molecule has 26 heavy (non-hydrogen) atoms. The molecule has 0 aliphatic carbocycles. The topological polar surface area (TPSA) is 38.8 Å². The van der Waals surface area contributed by atoms with Gasteiger partial charge in [-0.15, -0.1) is 0 Å². The van der Waals surface area contributed by atoms with Gasteiger partial charge in [-0.2, -0.15) is 13.2 Å². The molecule has 0 N–H and O–H groups in total. The highest BCUT2D eigenvalue weighted by atomic mass is 19.4. The van der Waals surface area contributed by atoms with Gasteiger partial charge < -0.3 is 9.47 Å². The molecule has 4 nitrogen and oxygen atoms in total. The molecule has 0 bridgehead atoms. The molecule has 7 heteroatoms. The fourth-order valence-electron chi connectivity index (χ4n) is 2.65. The van der Waals surface area contributed by atoms with Crippen LogP contribution in [0.2, 0.25) is 0 Å². The van der Waals surface area contributed by atoms with Gasteiger partial charge in [0, 0.05) is 0 Å². The maximum atomic E-state index is 12.6. The van der Waals surface area contributed by atoms with E-state index in [4.69, 9.17) is 9.47 Å². The first-order chi connectivity index (χ1) is 11.8. The van der Waals surface area contributed by atoms with Crippen molar-refractivity contribution < 1.29 is 27.4 Å². The third kappa shape index (κ3) is 5.00. The van der Waals surface area contributed by atoms with Gasteiger partial charge in [0.1, 0.15) is 11.3 Å². The monoisotopic (exact) mass is 371 g/mol. The summed E-state index contributed by atoms with van der Waals surface area (Å²) in [6.07, 6.45) is -1.45. The highest BCUT2D eigenvalue weighted by Gasteiger charge is 2.44. The number of ether oxygens (including phenoxy) is 2. The molecule has 0 unspecified atom stereocenters. The van der Waals surface area contributed by atoms with E-state index in [2.05, 4.69) is 0 Å². The lowest BCUT2D eigenvalue weighted by atomic mass is 10.1. The number of halogens is 3. The molecule has 1 saturated heterocycles. The largest absolute Gasteiger partial charge is 0.444 e. The van der Waals surface area contributed by atoms with E-state index in [9.17, 15) is 18.0 Å². The average molecular weight is 371 g/mol. The smallest absolute Gasteiger partial charge is 0.416 e. The Hall–Kier alpha value is -2.02. The summed E-state index contributed by atoms with van der Waals surface area (Å²) in [4.78, 5) is 14.0. The van der Waals surface area contributed by atoms with Crippen molar-refractivity contribution in [1.29, 1.82) is 0 Å². The molecule has 1 fully saturated rings. The van der Waals surface area contributed by atoms with Crippen molar-refractivity contribution in [2.24, 2.45) is 0 Å². The van der Waals surface area contributed by atoms with E-state index in [1.807, 2.05) is 0 Å². The molecule has 1 heterocycles. The number of nitrogens with zero attached hydrogens (tertiary/aromatic N) is 1. The van der Waals surface area contributed by atoms with Gasteiger partial charge in [-0.25, -0.2) is 4.79 Å². The lowest BCUT2D eigenvalue weighted by Crippen LogP contribution is -2.49. The molecule has 144 valence electrons. The molecule has 0 radical (unpaired) electrons. The zero-order valence-electron chi connectivity index (χ0n) is 15.6. The summed E-state index contributed by atoms with van der Waals surface area (Å²) in [6, 6.07) is 4.46. The van der Waals surface area contributed by atoms with Gasteiger partial charge in [-0.05, 0) is 52.3 Å². The van der Waals surface area contributed by atoms with Crippen molar-refractivity contribution in [2.75, 3.05) is 6.61 Å². The second kappa shape index (κ2) is 6.95. The number of rotatable bonds is 2. The van der Waals surface area contributed by atoms with E-state index >= 15 is 0 Å². The Labute approximate surface area is 151 Å². The van der Waals surface area contributed by atoms with Crippen LogP contribution in [0.5, 0.6) is 0 Å². The predicted molar refractivity (Wildman–Crippen MR) is 92.4 cm³/mol. The molecule has 1 aromatic carbocycles. The molecule has 1 aliphatic heterocycles. The predicted octanol–water partition coefficient (Wildman–Crippen LogP) is 5.09. The Bertz CT molecular complexity index is 673. The Balaban J connectivity index is 2.16. The molecule has 0 saturated carbocycles. The van der Waals surface area contributed by atoms with Crippen LogP contribution in [0.15, 0.2) is 30.3 Å². The van der Waals surface area contributed by atoms with Crippen LogP contribution in [-0.4, -0.2) is 35.0 Å². The highest BCUT2D eigenvalue weighted by Crippen LogP contribution is 2.31. The number of alkyl halides is 3. The Morgan fingerprint density at radius 3 is 2.31 bits per heavy atom. The van der Waals surface area contributed by atoms with Gasteiger partial charge in [0.25, 0.3) is 0 Å². The van der Waals surface area contributed by atoms with Crippen molar-refractivity contribution in [3.63, 3.8) is 0 Å². The standard InChI is InChI=1S/C19H24F3NO3/c1-17(2,3)26-16(24)23-15(12-25-18(23,4)5)11-8-13-6-9-14(10-7-13)19(20,21)22/h6-11,15H,12H2,1-5H3/b11-8+/t15-/m1/s1. The van der Waals surface area contributed by atoms with Crippen LogP contribution in [0.4, 0.5) is 18.0 Å². The van der Waals surface area contributed by atoms with Crippen molar-refractivity contribution in [3.8, 4) is 0 Å². The molecule has 2 rings (SSSR count). The summed E-state index contributed by atoms with van der Waals surface area (Å²) < 4.78 is 49.0. The molecule has 1 aromatic rings. The minimum Gasteiger partial charge on any atom is -0.444 e. The highest BCUT2D eigenvalue weighted by molar-refractivity contribution is 5.70. The number of hydrogen-bond donors (Lipinski definition) is 0. The number of carbonyl (C=O) groups is 1. The normalized spacial score (nSPS) is 20.6. The van der Waals surface area contributed by atoms with Crippen molar-refractivity contribution in [1.82, 2.24) is 4.90 Å². The molecule has 0 aromatic heterocycles. The van der Waals surface area contributed by atoms with Crippen LogP contribution in [0.25, 0.3) is 6.08 Å². The van der Waals surface area contributed by atoms with E-state index < -0.39 is 29.2 Å². The van der Waals surface area contributed by atoms with E-state index in [-0.39, 0.29) is 12.6 Å². The summed E-state index contributed by atoms with van der Waals surface area (Å²) in [7, 11) is 0. The number of carbonyl (C=O) groups excluding carboxylic acids is 1. The van der Waals surface area contributed by atoms with Crippen molar-refractivity contribution in [2.45, 2.75) is 58.2 Å². The number of benzene rings is 1. The molecular formula is C19H24F3NO3. The fraction of sp³-hybridized carbons (Fsp3) is 0.526. The van der Waals surface area contributed by atoms with Crippen LogP contribution in [0.1, 0.15) is 45.7 Å². The second-order valence-corrected chi connectivity index (χ2v) is 7.65. The molecule has 1 atom stereocenters. The van der Waals surface area contributed by atoms with E-state index in [0.29, 0.717) is 5.56 Å². The SMILES string of the molecule is CC(C)(C)OC(=O)N1[C@H](/C=C/c2ccc(C(F)(F)F)cc2)COC1(C)C. The first-order valence-corrected chi connectivity index (χ1v) is 8.31. The van der Waals surface area contributed by atoms with E-state index in [1.54, 1.807) is 46.8 Å². The summed E-state index contributed by atoms with van der Waals surface area (Å²) in [5.41, 5.74) is -1.57. The van der Waals surface area contributed by atoms with Crippen LogP contribution in [-0.2, 0) is 15.7 Å². The van der Waals surface area contributed by atoms with Gasteiger partial charge in [0.2, 0.25) is 0 Å². The van der Waals surface area contributed by atoms with E-state index in [1.165, 1.54) is 17.0 Å². The Kier molecular flexibility index (Phi) is 5.42. The summed E-state index contributed by atoms with van der Waals surface area (Å²) in [5, 5.41) is 0. The first kappa shape index (κ1) is 20.3. The minimum atomic E-state index is -4.36. The maximum absolute atomic E-state index is 12.6. The third-order valence-corrected chi connectivity index (χ3v) is 3.86. The molecule has 1 amide bonds. The maximum Gasteiger partial charge on any atom is 0.416 e. The van der Waals surface area contributed by atoms with Gasteiger partial charge in [0.05, 0.1) is 18.2 Å². The Morgan fingerprint density at radius 1 is 1.23 bits per heavy atom. The first-order valence-electron chi connectivity index (χ1n) is 8.31. The second-order valence-electron chi connectivity index (χ2n) is 7.65. The van der Waals surface area contributed by atoms with Crippen molar-refractivity contribution >= 4 is 12.2 Å². The summed E-state index contributed by atoms with van der Waals surface area (Å²) >= 11 is 0.